The molecule has 0 aliphatic heterocycles. The summed E-state index contributed by atoms with van der Waals surface area (Å²) < 4.78 is 55.9. The minimum absolute atomic E-state index is 0.0139. The van der Waals surface area contributed by atoms with E-state index in [0.717, 1.165) is 10.9 Å². The van der Waals surface area contributed by atoms with Gasteiger partial charge in [0.05, 0.1) is 23.8 Å². The average Bonchev–Trinajstić information content (AvgIpc) is 3.38. The van der Waals surface area contributed by atoms with Gasteiger partial charge in [0.15, 0.2) is 0 Å². The largest absolute Gasteiger partial charge is 0.478 e. The van der Waals surface area contributed by atoms with Crippen molar-refractivity contribution in [2.75, 3.05) is 0 Å². The zero-order valence-corrected chi connectivity index (χ0v) is 17.2. The molecule has 3 aromatic heterocycles. The molecule has 7 nitrogen and oxygen atoms in total. The van der Waals surface area contributed by atoms with E-state index >= 15 is 0 Å². The first-order valence-electron chi connectivity index (χ1n) is 9.86. The van der Waals surface area contributed by atoms with Gasteiger partial charge in [-0.1, -0.05) is 30.3 Å². The van der Waals surface area contributed by atoms with Crippen LogP contribution in [-0.2, 0) is 12.1 Å². The molecule has 1 unspecified atom stereocenters. The smallest absolute Gasteiger partial charge is 0.423 e. The van der Waals surface area contributed by atoms with E-state index in [2.05, 4.69) is 10.3 Å². The van der Waals surface area contributed by atoms with Crippen LogP contribution in [0.3, 0.4) is 0 Å². The number of aliphatic hydroxyl groups is 1. The number of alkyl halides is 3. The number of carbonyl (C=O) groups is 1. The maximum Gasteiger partial charge on any atom is 0.423 e. The van der Waals surface area contributed by atoms with Crippen LogP contribution in [0.15, 0.2) is 55.0 Å². The summed E-state index contributed by atoms with van der Waals surface area (Å²) in [4.78, 5) is 11.8. The number of carboxylic acid groups (broad SMARTS) is 1. The van der Waals surface area contributed by atoms with Crippen molar-refractivity contribution in [3.05, 3.63) is 77.6 Å². The molecule has 0 aliphatic rings. The molecule has 0 saturated carbocycles. The number of hydrogen-bond donors (Lipinski definition) is 2. The molecule has 11 heteroatoms. The molecular formula is C22H18F4N4O3. The Morgan fingerprint density at radius 3 is 2.36 bits per heavy atom. The zero-order valence-electron chi connectivity index (χ0n) is 17.2. The van der Waals surface area contributed by atoms with Gasteiger partial charge < -0.3 is 14.6 Å². The molecule has 2 N–H and O–H groups in total. The van der Waals surface area contributed by atoms with Crippen LogP contribution in [-0.4, -0.2) is 41.8 Å². The van der Waals surface area contributed by atoms with Gasteiger partial charge in [-0.05, 0) is 35.7 Å². The standard InChI is InChI=1S/C22H18F4N4O3/c1-2-21(33,22(24,25)26)18-12-30(28-27-18)10-13-3-8-17-19(14-4-6-15(23)7-5-14)16(20(31)32)11-29(17)9-13/h3-9,11-12,33H,2,10H2,1H3,(H,31,32). The summed E-state index contributed by atoms with van der Waals surface area (Å²) in [6, 6.07) is 8.77. The Hall–Kier alpha value is -3.73. The molecule has 0 fully saturated rings. The van der Waals surface area contributed by atoms with Gasteiger partial charge in [0.1, 0.15) is 11.5 Å². The van der Waals surface area contributed by atoms with Crippen LogP contribution in [0.25, 0.3) is 16.6 Å². The molecule has 1 aromatic carbocycles. The third-order valence-electron chi connectivity index (χ3n) is 5.48. The van der Waals surface area contributed by atoms with E-state index in [1.807, 2.05) is 0 Å². The van der Waals surface area contributed by atoms with Crippen molar-refractivity contribution in [2.45, 2.75) is 31.7 Å². The molecule has 0 spiro atoms. The number of nitrogens with zero attached hydrogens (tertiary/aromatic N) is 4. The van der Waals surface area contributed by atoms with Gasteiger partial charge in [-0.15, -0.1) is 5.10 Å². The highest BCUT2D eigenvalue weighted by atomic mass is 19.4. The Balaban J connectivity index is 1.70. The van der Waals surface area contributed by atoms with E-state index < -0.39 is 35.7 Å². The molecule has 3 heterocycles. The number of benzene rings is 1. The van der Waals surface area contributed by atoms with Crippen molar-refractivity contribution in [3.63, 3.8) is 0 Å². The molecule has 0 radical (unpaired) electrons. The van der Waals surface area contributed by atoms with E-state index in [-0.39, 0.29) is 12.1 Å². The third kappa shape index (κ3) is 3.95. The Labute approximate surface area is 184 Å². The highest BCUT2D eigenvalue weighted by molar-refractivity contribution is 6.01. The van der Waals surface area contributed by atoms with E-state index in [1.165, 1.54) is 37.4 Å². The minimum atomic E-state index is -4.91. The summed E-state index contributed by atoms with van der Waals surface area (Å²) in [5.74, 6) is -1.61. The first kappa shape index (κ1) is 22.5. The summed E-state index contributed by atoms with van der Waals surface area (Å²) in [6.07, 6.45) is -1.47. The number of rotatable bonds is 6. The van der Waals surface area contributed by atoms with Gasteiger partial charge in [0.25, 0.3) is 0 Å². The fourth-order valence-electron chi connectivity index (χ4n) is 3.68. The van der Waals surface area contributed by atoms with E-state index in [9.17, 15) is 32.6 Å². The molecule has 0 amide bonds. The van der Waals surface area contributed by atoms with Crippen molar-refractivity contribution in [1.29, 1.82) is 0 Å². The maximum absolute atomic E-state index is 13.3. The number of halogens is 4. The van der Waals surface area contributed by atoms with Gasteiger partial charge >= 0.3 is 12.1 Å². The van der Waals surface area contributed by atoms with Crippen LogP contribution < -0.4 is 0 Å². The molecule has 0 saturated heterocycles. The minimum Gasteiger partial charge on any atom is -0.478 e. The zero-order chi connectivity index (χ0) is 24.0. The molecular weight excluding hydrogens is 444 g/mol. The summed E-state index contributed by atoms with van der Waals surface area (Å²) >= 11 is 0. The summed E-state index contributed by atoms with van der Waals surface area (Å²) in [5, 5.41) is 26.9. The third-order valence-corrected chi connectivity index (χ3v) is 5.48. The van der Waals surface area contributed by atoms with Crippen molar-refractivity contribution in [2.24, 2.45) is 0 Å². The highest BCUT2D eigenvalue weighted by Crippen LogP contribution is 2.40. The van der Waals surface area contributed by atoms with Gasteiger partial charge in [-0.2, -0.15) is 13.2 Å². The summed E-state index contributed by atoms with van der Waals surface area (Å²) in [7, 11) is 0. The summed E-state index contributed by atoms with van der Waals surface area (Å²) in [6.45, 7) is 1.23. The van der Waals surface area contributed by atoms with Gasteiger partial charge in [0.2, 0.25) is 5.60 Å². The number of hydrogen-bond acceptors (Lipinski definition) is 4. The van der Waals surface area contributed by atoms with Crippen molar-refractivity contribution >= 4 is 11.5 Å². The topological polar surface area (TPSA) is 92.7 Å². The van der Waals surface area contributed by atoms with Crippen LogP contribution in [0.1, 0.15) is 35.0 Å². The van der Waals surface area contributed by atoms with Crippen molar-refractivity contribution in [1.82, 2.24) is 19.4 Å². The molecule has 1 atom stereocenters. The molecule has 4 aromatic rings. The Morgan fingerprint density at radius 2 is 1.76 bits per heavy atom. The first-order valence-corrected chi connectivity index (χ1v) is 9.86. The van der Waals surface area contributed by atoms with Crippen LogP contribution in [0, 0.1) is 5.82 Å². The Kier molecular flexibility index (Phi) is 5.44. The van der Waals surface area contributed by atoms with Gasteiger partial charge in [-0.3, -0.25) is 0 Å². The lowest BCUT2D eigenvalue weighted by Gasteiger charge is -2.26. The fourth-order valence-corrected chi connectivity index (χ4v) is 3.68. The molecule has 172 valence electrons. The van der Waals surface area contributed by atoms with Crippen LogP contribution >= 0.6 is 0 Å². The normalized spacial score (nSPS) is 13.9. The van der Waals surface area contributed by atoms with E-state index in [0.29, 0.717) is 22.2 Å². The second-order valence-electron chi connectivity index (χ2n) is 7.57. The lowest BCUT2D eigenvalue weighted by Crippen LogP contribution is -2.42. The maximum atomic E-state index is 13.3. The predicted molar refractivity (Wildman–Crippen MR) is 109 cm³/mol. The number of aromatic carboxylic acids is 1. The first-order chi connectivity index (χ1) is 15.5. The molecule has 0 aliphatic carbocycles. The second-order valence-corrected chi connectivity index (χ2v) is 7.57. The monoisotopic (exact) mass is 462 g/mol. The molecule has 33 heavy (non-hydrogen) atoms. The Bertz CT molecular complexity index is 1330. The predicted octanol–water partition coefficient (Wildman–Crippen LogP) is 4.24. The van der Waals surface area contributed by atoms with Gasteiger partial charge in [0, 0.05) is 18.0 Å². The van der Waals surface area contributed by atoms with E-state index in [1.54, 1.807) is 22.7 Å². The Morgan fingerprint density at radius 1 is 1.06 bits per heavy atom. The average molecular weight is 462 g/mol. The van der Waals surface area contributed by atoms with Crippen molar-refractivity contribution < 1.29 is 32.6 Å². The molecule has 4 rings (SSSR count). The van der Waals surface area contributed by atoms with Crippen LogP contribution in [0.2, 0.25) is 0 Å². The van der Waals surface area contributed by atoms with Crippen molar-refractivity contribution in [3.8, 4) is 11.1 Å². The SMILES string of the molecule is CCC(O)(c1cn(Cc2ccc3c(-c4ccc(F)cc4)c(C(=O)O)cn3c2)nn1)C(F)(F)F. The second kappa shape index (κ2) is 8.00. The van der Waals surface area contributed by atoms with Crippen LogP contribution in [0.4, 0.5) is 17.6 Å². The van der Waals surface area contributed by atoms with E-state index in [4.69, 9.17) is 0 Å². The summed E-state index contributed by atoms with van der Waals surface area (Å²) in [5.41, 5.74) is -1.60. The fraction of sp³-hybridized carbons (Fsp3) is 0.227. The number of fused-ring (bicyclic) bond motifs is 1. The lowest BCUT2D eigenvalue weighted by atomic mass is 9.96. The number of aromatic nitrogens is 4. The lowest BCUT2D eigenvalue weighted by molar-refractivity contribution is -0.269. The number of carboxylic acids is 1. The molecule has 0 bridgehead atoms. The highest BCUT2D eigenvalue weighted by Gasteiger charge is 2.55. The number of pyridine rings is 1. The quantitative estimate of drug-likeness (QED) is 0.418. The van der Waals surface area contributed by atoms with Gasteiger partial charge in [-0.25, -0.2) is 13.9 Å². The van der Waals surface area contributed by atoms with Crippen LogP contribution in [0.5, 0.6) is 0 Å².